The highest BCUT2D eigenvalue weighted by atomic mass is 16.5. The lowest BCUT2D eigenvalue weighted by atomic mass is 9.95. The SMILES string of the molecule is CCCNCc1cccc(N2CCCC(C)(OC)C2)n1. The highest BCUT2D eigenvalue weighted by Gasteiger charge is 2.31. The van der Waals surface area contributed by atoms with Crippen LogP contribution in [-0.4, -0.2) is 37.3 Å². The van der Waals surface area contributed by atoms with Crippen LogP contribution in [0.1, 0.15) is 38.8 Å². The zero-order valence-electron chi connectivity index (χ0n) is 13.0. The molecule has 112 valence electrons. The maximum atomic E-state index is 5.66. The van der Waals surface area contributed by atoms with E-state index >= 15 is 0 Å². The third-order valence-electron chi connectivity index (χ3n) is 4.00. The first-order chi connectivity index (χ1) is 9.67. The minimum Gasteiger partial charge on any atom is -0.377 e. The molecule has 1 N–H and O–H groups in total. The molecule has 20 heavy (non-hydrogen) atoms. The first-order valence-electron chi connectivity index (χ1n) is 7.63. The van der Waals surface area contributed by atoms with Gasteiger partial charge in [-0.3, -0.25) is 0 Å². The average molecular weight is 277 g/mol. The third-order valence-corrected chi connectivity index (χ3v) is 4.00. The van der Waals surface area contributed by atoms with Gasteiger partial charge in [0.25, 0.3) is 0 Å². The van der Waals surface area contributed by atoms with Crippen LogP contribution in [0.5, 0.6) is 0 Å². The Morgan fingerprint density at radius 1 is 1.45 bits per heavy atom. The summed E-state index contributed by atoms with van der Waals surface area (Å²) in [5, 5.41) is 3.40. The third kappa shape index (κ3) is 3.93. The number of hydrogen-bond acceptors (Lipinski definition) is 4. The van der Waals surface area contributed by atoms with Crippen molar-refractivity contribution in [1.82, 2.24) is 10.3 Å². The topological polar surface area (TPSA) is 37.4 Å². The van der Waals surface area contributed by atoms with Crippen LogP contribution in [0.25, 0.3) is 0 Å². The zero-order valence-corrected chi connectivity index (χ0v) is 13.0. The van der Waals surface area contributed by atoms with E-state index in [1.54, 1.807) is 0 Å². The van der Waals surface area contributed by atoms with Crippen molar-refractivity contribution in [3.05, 3.63) is 23.9 Å². The summed E-state index contributed by atoms with van der Waals surface area (Å²) in [5.41, 5.74) is 1.07. The molecule has 0 aromatic carbocycles. The van der Waals surface area contributed by atoms with E-state index in [4.69, 9.17) is 9.72 Å². The molecule has 1 unspecified atom stereocenters. The molecule has 1 fully saturated rings. The molecule has 1 aromatic rings. The van der Waals surface area contributed by atoms with E-state index in [9.17, 15) is 0 Å². The largest absolute Gasteiger partial charge is 0.377 e. The molecule has 0 aliphatic carbocycles. The molecule has 2 rings (SSSR count). The zero-order chi connectivity index (χ0) is 14.4. The standard InChI is InChI=1S/C16H27N3O/c1-4-10-17-12-14-7-5-8-15(18-14)19-11-6-9-16(2,13-19)20-3/h5,7-8,17H,4,6,9-13H2,1-3H3. The van der Waals surface area contributed by atoms with E-state index in [1.165, 1.54) is 0 Å². The van der Waals surface area contributed by atoms with Crippen LogP contribution in [0, 0.1) is 0 Å². The number of anilines is 1. The van der Waals surface area contributed by atoms with E-state index in [1.807, 2.05) is 7.11 Å². The van der Waals surface area contributed by atoms with Gasteiger partial charge in [0, 0.05) is 26.7 Å². The fourth-order valence-corrected chi connectivity index (χ4v) is 2.70. The summed E-state index contributed by atoms with van der Waals surface area (Å²) in [7, 11) is 1.81. The molecule has 1 saturated heterocycles. The first-order valence-corrected chi connectivity index (χ1v) is 7.63. The Morgan fingerprint density at radius 2 is 2.30 bits per heavy atom. The number of aromatic nitrogens is 1. The van der Waals surface area contributed by atoms with Crippen molar-refractivity contribution in [3.8, 4) is 0 Å². The summed E-state index contributed by atoms with van der Waals surface area (Å²) in [6.45, 7) is 8.23. The van der Waals surface area contributed by atoms with Crippen molar-refractivity contribution in [1.29, 1.82) is 0 Å². The molecule has 2 heterocycles. The molecule has 0 radical (unpaired) electrons. The maximum absolute atomic E-state index is 5.66. The fourth-order valence-electron chi connectivity index (χ4n) is 2.70. The number of rotatable bonds is 6. The van der Waals surface area contributed by atoms with Crippen molar-refractivity contribution >= 4 is 5.82 Å². The summed E-state index contributed by atoms with van der Waals surface area (Å²) in [6.07, 6.45) is 3.43. The van der Waals surface area contributed by atoms with Crippen molar-refractivity contribution in [2.24, 2.45) is 0 Å². The number of piperidine rings is 1. The molecule has 1 aliphatic heterocycles. The lowest BCUT2D eigenvalue weighted by Gasteiger charge is -2.40. The van der Waals surface area contributed by atoms with Gasteiger partial charge in [-0.2, -0.15) is 0 Å². The smallest absolute Gasteiger partial charge is 0.128 e. The van der Waals surface area contributed by atoms with Crippen LogP contribution in [-0.2, 0) is 11.3 Å². The second-order valence-electron chi connectivity index (χ2n) is 5.84. The highest BCUT2D eigenvalue weighted by molar-refractivity contribution is 5.40. The van der Waals surface area contributed by atoms with Gasteiger partial charge in [0.05, 0.1) is 11.3 Å². The van der Waals surface area contributed by atoms with Gasteiger partial charge in [-0.1, -0.05) is 13.0 Å². The van der Waals surface area contributed by atoms with Crippen LogP contribution < -0.4 is 10.2 Å². The monoisotopic (exact) mass is 277 g/mol. The molecule has 1 aliphatic rings. The van der Waals surface area contributed by atoms with Gasteiger partial charge in [0.2, 0.25) is 0 Å². The van der Waals surface area contributed by atoms with E-state index in [0.717, 1.165) is 57.0 Å². The number of hydrogen-bond donors (Lipinski definition) is 1. The molecule has 0 amide bonds. The lowest BCUT2D eigenvalue weighted by Crippen LogP contribution is -2.47. The molecule has 1 aromatic heterocycles. The fraction of sp³-hybridized carbons (Fsp3) is 0.688. The second kappa shape index (κ2) is 7.04. The van der Waals surface area contributed by atoms with Gasteiger partial charge in [0.15, 0.2) is 0 Å². The van der Waals surface area contributed by atoms with E-state index in [0.29, 0.717) is 0 Å². The van der Waals surface area contributed by atoms with Gasteiger partial charge in [-0.15, -0.1) is 0 Å². The van der Waals surface area contributed by atoms with Gasteiger partial charge >= 0.3 is 0 Å². The normalized spacial score (nSPS) is 23.1. The van der Waals surface area contributed by atoms with Crippen LogP contribution in [0.15, 0.2) is 18.2 Å². The van der Waals surface area contributed by atoms with E-state index < -0.39 is 0 Å². The minimum absolute atomic E-state index is 0.0452. The van der Waals surface area contributed by atoms with Crippen LogP contribution in [0.3, 0.4) is 0 Å². The van der Waals surface area contributed by atoms with Crippen molar-refractivity contribution in [2.75, 3.05) is 31.6 Å². The summed E-state index contributed by atoms with van der Waals surface area (Å²) in [6, 6.07) is 6.29. The molecular weight excluding hydrogens is 250 g/mol. The lowest BCUT2D eigenvalue weighted by molar-refractivity contribution is -0.00482. The minimum atomic E-state index is -0.0452. The number of nitrogens with zero attached hydrogens (tertiary/aromatic N) is 2. The van der Waals surface area contributed by atoms with Gasteiger partial charge < -0.3 is 15.0 Å². The Hall–Kier alpha value is -1.13. The Kier molecular flexibility index (Phi) is 5.38. The molecule has 4 heteroatoms. The summed E-state index contributed by atoms with van der Waals surface area (Å²) in [4.78, 5) is 7.12. The second-order valence-corrected chi connectivity index (χ2v) is 5.84. The Balaban J connectivity index is 2.02. The van der Waals surface area contributed by atoms with Crippen LogP contribution in [0.2, 0.25) is 0 Å². The Bertz CT molecular complexity index is 424. The average Bonchev–Trinajstić information content (AvgIpc) is 2.48. The van der Waals surface area contributed by atoms with Crippen molar-refractivity contribution in [2.45, 2.75) is 45.3 Å². The summed E-state index contributed by atoms with van der Waals surface area (Å²) < 4.78 is 5.66. The highest BCUT2D eigenvalue weighted by Crippen LogP contribution is 2.27. The molecule has 1 atom stereocenters. The molecule has 0 spiro atoms. The van der Waals surface area contributed by atoms with Crippen molar-refractivity contribution in [3.63, 3.8) is 0 Å². The molecule has 0 bridgehead atoms. The predicted octanol–water partition coefficient (Wildman–Crippen LogP) is 2.59. The Morgan fingerprint density at radius 3 is 3.05 bits per heavy atom. The Labute approximate surface area is 122 Å². The van der Waals surface area contributed by atoms with Gasteiger partial charge in [0.1, 0.15) is 5.82 Å². The summed E-state index contributed by atoms with van der Waals surface area (Å²) in [5.74, 6) is 1.07. The molecule has 4 nitrogen and oxygen atoms in total. The summed E-state index contributed by atoms with van der Waals surface area (Å²) >= 11 is 0. The van der Waals surface area contributed by atoms with Crippen molar-refractivity contribution < 1.29 is 4.74 Å². The number of ether oxygens (including phenoxy) is 1. The maximum Gasteiger partial charge on any atom is 0.128 e. The predicted molar refractivity (Wildman–Crippen MR) is 83.1 cm³/mol. The van der Waals surface area contributed by atoms with E-state index in [2.05, 4.69) is 42.3 Å². The number of pyridine rings is 1. The molecule has 0 saturated carbocycles. The first kappa shape index (κ1) is 15.3. The van der Waals surface area contributed by atoms with Crippen LogP contribution >= 0.6 is 0 Å². The quantitative estimate of drug-likeness (QED) is 0.811. The van der Waals surface area contributed by atoms with E-state index in [-0.39, 0.29) is 5.60 Å². The van der Waals surface area contributed by atoms with Gasteiger partial charge in [-0.25, -0.2) is 4.98 Å². The number of nitrogens with one attached hydrogen (secondary N) is 1. The van der Waals surface area contributed by atoms with Crippen LogP contribution in [0.4, 0.5) is 5.82 Å². The molecular formula is C16H27N3O. The number of methoxy groups -OCH3 is 1. The van der Waals surface area contributed by atoms with Gasteiger partial charge in [-0.05, 0) is 44.9 Å².